The van der Waals surface area contributed by atoms with Crippen molar-refractivity contribution in [2.75, 3.05) is 5.32 Å². The van der Waals surface area contributed by atoms with Gasteiger partial charge in [0.25, 0.3) is 5.91 Å². The van der Waals surface area contributed by atoms with E-state index < -0.39 is 6.10 Å². The van der Waals surface area contributed by atoms with Crippen LogP contribution in [0.1, 0.15) is 81.5 Å². The lowest BCUT2D eigenvalue weighted by Gasteiger charge is -2.18. The minimum Gasteiger partial charge on any atom is -0.427 e. The van der Waals surface area contributed by atoms with Crippen LogP contribution in [0.3, 0.4) is 0 Å². The van der Waals surface area contributed by atoms with Gasteiger partial charge in [0.05, 0.1) is 12.2 Å². The zero-order valence-corrected chi connectivity index (χ0v) is 24.2. The maximum Gasteiger partial charge on any atom is 0.311 e. The van der Waals surface area contributed by atoms with Gasteiger partial charge in [-0.2, -0.15) is 11.8 Å². The van der Waals surface area contributed by atoms with Gasteiger partial charge in [-0.15, -0.1) is 0 Å². The molecule has 1 aliphatic carbocycles. The highest BCUT2D eigenvalue weighted by Crippen LogP contribution is 2.52. The summed E-state index contributed by atoms with van der Waals surface area (Å²) < 4.78 is 5.48. The summed E-state index contributed by atoms with van der Waals surface area (Å²) in [7, 11) is 0. The molecule has 1 aliphatic heterocycles. The van der Waals surface area contributed by atoms with Gasteiger partial charge in [0.1, 0.15) is 5.75 Å². The summed E-state index contributed by atoms with van der Waals surface area (Å²) in [6.45, 7) is 2.16. The van der Waals surface area contributed by atoms with Crippen LogP contribution in [0.2, 0.25) is 0 Å². The van der Waals surface area contributed by atoms with Crippen molar-refractivity contribution in [3.8, 4) is 5.75 Å². The van der Waals surface area contributed by atoms with Crippen LogP contribution in [-0.4, -0.2) is 44.8 Å². The third-order valence-electron chi connectivity index (χ3n) is 7.99. The molecule has 0 aromatic heterocycles. The number of anilines is 1. The van der Waals surface area contributed by atoms with Gasteiger partial charge in [-0.1, -0.05) is 63.0 Å². The summed E-state index contributed by atoms with van der Waals surface area (Å²) in [6, 6.07) is 15.8. The van der Waals surface area contributed by atoms with Crippen molar-refractivity contribution >= 4 is 29.3 Å². The molecule has 2 aliphatic rings. The summed E-state index contributed by atoms with van der Waals surface area (Å²) in [4.78, 5) is 24.6. The Labute approximate surface area is 242 Å². The number of aliphatic hydroxyl groups is 2. The minimum atomic E-state index is -0.416. The molecule has 1 heterocycles. The Morgan fingerprint density at radius 1 is 1.05 bits per heavy atom. The molecule has 1 unspecified atom stereocenters. The molecule has 1 saturated heterocycles. The van der Waals surface area contributed by atoms with E-state index in [9.17, 15) is 19.8 Å². The molecule has 2 aromatic rings. The molecule has 0 radical (unpaired) electrons. The molecular formula is C33H43NO5S. The molecule has 0 bridgehead atoms. The van der Waals surface area contributed by atoms with Crippen LogP contribution in [0.4, 0.5) is 5.69 Å². The molecule has 216 valence electrons. The SMILES string of the molecule is CCCCC[C@H](O)/C=C/[C@@H]1[C@H]2CC(CCCCC(=O)Oc3ccc(NC(=O)c4ccccc4)cc3)S[C@@H]2C[C@H]1O. The zero-order valence-electron chi connectivity index (χ0n) is 23.4. The van der Waals surface area contributed by atoms with E-state index in [0.29, 0.717) is 39.8 Å². The Hall–Kier alpha value is -2.61. The molecule has 3 N–H and O–H groups in total. The number of rotatable bonds is 14. The molecule has 2 fully saturated rings. The summed E-state index contributed by atoms with van der Waals surface area (Å²) in [5.74, 6) is 0.637. The number of esters is 1. The molecule has 2 aromatic carbocycles. The van der Waals surface area contributed by atoms with Crippen molar-refractivity contribution in [3.05, 3.63) is 72.3 Å². The van der Waals surface area contributed by atoms with E-state index in [-0.39, 0.29) is 23.9 Å². The number of amides is 1. The molecule has 0 spiro atoms. The van der Waals surface area contributed by atoms with Gasteiger partial charge in [-0.05, 0) is 74.4 Å². The van der Waals surface area contributed by atoms with E-state index in [2.05, 4.69) is 18.3 Å². The fourth-order valence-corrected chi connectivity index (χ4v) is 7.74. The monoisotopic (exact) mass is 565 g/mol. The topological polar surface area (TPSA) is 95.9 Å². The zero-order chi connectivity index (χ0) is 28.3. The number of nitrogens with one attached hydrogen (secondary N) is 1. The van der Waals surface area contributed by atoms with Crippen LogP contribution in [-0.2, 0) is 4.79 Å². The van der Waals surface area contributed by atoms with Gasteiger partial charge in [0.15, 0.2) is 0 Å². The van der Waals surface area contributed by atoms with Gasteiger partial charge < -0.3 is 20.3 Å². The predicted octanol–water partition coefficient (Wildman–Crippen LogP) is 6.77. The Kier molecular flexibility index (Phi) is 11.7. The number of unbranched alkanes of at least 4 members (excludes halogenated alkanes) is 3. The standard InChI is InChI=1S/C33H43NO5S/c1-2-3-5-12-25(35)17-20-28-29-21-27(40-31(29)22-30(28)36)13-8-9-14-32(37)39-26-18-15-24(16-19-26)34-33(38)23-10-6-4-7-11-23/h4,6-7,10-11,15-20,25,27-31,35-36H,2-3,5,8-9,12-14,21-22H2,1H3,(H,34,38)/b20-17+/t25-,27?,28+,29+,30+,31+/m0/s1. The third-order valence-corrected chi connectivity index (χ3v) is 9.69. The fraction of sp³-hybridized carbons (Fsp3) is 0.515. The Morgan fingerprint density at radius 2 is 1.82 bits per heavy atom. The lowest BCUT2D eigenvalue weighted by Crippen LogP contribution is -2.19. The second-order valence-electron chi connectivity index (χ2n) is 11.1. The number of ether oxygens (including phenoxy) is 1. The van der Waals surface area contributed by atoms with E-state index in [1.807, 2.05) is 36.0 Å². The highest BCUT2D eigenvalue weighted by Gasteiger charge is 2.47. The highest BCUT2D eigenvalue weighted by molar-refractivity contribution is 8.00. The number of hydrogen-bond acceptors (Lipinski definition) is 6. The first kappa shape index (κ1) is 30.4. The molecule has 40 heavy (non-hydrogen) atoms. The molecule has 4 rings (SSSR count). The van der Waals surface area contributed by atoms with E-state index in [1.54, 1.807) is 36.4 Å². The van der Waals surface area contributed by atoms with E-state index >= 15 is 0 Å². The number of thioether (sulfide) groups is 1. The molecule has 7 heteroatoms. The van der Waals surface area contributed by atoms with E-state index in [0.717, 1.165) is 57.8 Å². The van der Waals surface area contributed by atoms with E-state index in [4.69, 9.17) is 4.74 Å². The third kappa shape index (κ3) is 8.95. The maximum absolute atomic E-state index is 12.4. The first-order valence-corrected chi connectivity index (χ1v) is 15.7. The lowest BCUT2D eigenvalue weighted by molar-refractivity contribution is -0.134. The maximum atomic E-state index is 12.4. The Balaban J connectivity index is 1.13. The number of aliphatic hydroxyl groups excluding tert-OH is 2. The van der Waals surface area contributed by atoms with Gasteiger partial charge in [0.2, 0.25) is 0 Å². The van der Waals surface area contributed by atoms with Crippen molar-refractivity contribution in [2.24, 2.45) is 11.8 Å². The second kappa shape index (κ2) is 15.4. The second-order valence-corrected chi connectivity index (χ2v) is 12.6. The van der Waals surface area contributed by atoms with Crippen molar-refractivity contribution < 1.29 is 24.5 Å². The average Bonchev–Trinajstić information content (AvgIpc) is 3.47. The summed E-state index contributed by atoms with van der Waals surface area (Å²) in [5, 5.41) is 24.7. The Bertz CT molecular complexity index is 1110. The molecule has 1 saturated carbocycles. The summed E-state index contributed by atoms with van der Waals surface area (Å²) in [5.41, 5.74) is 1.22. The normalized spacial score (nSPS) is 24.6. The van der Waals surface area contributed by atoms with Crippen LogP contribution in [0.5, 0.6) is 5.75 Å². The first-order valence-electron chi connectivity index (χ1n) is 14.8. The van der Waals surface area contributed by atoms with Crippen molar-refractivity contribution in [3.63, 3.8) is 0 Å². The van der Waals surface area contributed by atoms with E-state index in [1.165, 1.54) is 0 Å². The van der Waals surface area contributed by atoms with Gasteiger partial charge in [0, 0.05) is 34.1 Å². The van der Waals surface area contributed by atoms with Gasteiger partial charge in [-0.3, -0.25) is 9.59 Å². The van der Waals surface area contributed by atoms with Crippen LogP contribution >= 0.6 is 11.8 Å². The molecule has 6 nitrogen and oxygen atoms in total. The highest BCUT2D eigenvalue weighted by atomic mass is 32.2. The number of fused-ring (bicyclic) bond motifs is 1. The Morgan fingerprint density at radius 3 is 2.58 bits per heavy atom. The molecule has 6 atom stereocenters. The first-order chi connectivity index (χ1) is 19.4. The number of carbonyl (C=O) groups is 2. The fourth-order valence-electron chi connectivity index (χ4n) is 5.81. The van der Waals surface area contributed by atoms with Crippen LogP contribution < -0.4 is 10.1 Å². The summed E-state index contributed by atoms with van der Waals surface area (Å²) in [6.07, 6.45) is 12.5. The number of hydrogen-bond donors (Lipinski definition) is 3. The largest absolute Gasteiger partial charge is 0.427 e. The average molecular weight is 566 g/mol. The van der Waals surface area contributed by atoms with Crippen LogP contribution in [0, 0.1) is 11.8 Å². The lowest BCUT2D eigenvalue weighted by atomic mass is 9.89. The van der Waals surface area contributed by atoms with Gasteiger partial charge in [-0.25, -0.2) is 0 Å². The van der Waals surface area contributed by atoms with Crippen molar-refractivity contribution in [1.29, 1.82) is 0 Å². The quantitative estimate of drug-likeness (QED) is 0.101. The van der Waals surface area contributed by atoms with Crippen molar-refractivity contribution in [2.45, 2.75) is 93.8 Å². The smallest absolute Gasteiger partial charge is 0.311 e. The van der Waals surface area contributed by atoms with Crippen molar-refractivity contribution in [1.82, 2.24) is 0 Å². The summed E-state index contributed by atoms with van der Waals surface area (Å²) >= 11 is 2.00. The van der Waals surface area contributed by atoms with Crippen LogP contribution in [0.15, 0.2) is 66.7 Å². The predicted molar refractivity (Wildman–Crippen MR) is 162 cm³/mol. The number of carbonyl (C=O) groups excluding carboxylic acids is 2. The number of benzene rings is 2. The van der Waals surface area contributed by atoms with Gasteiger partial charge >= 0.3 is 5.97 Å². The minimum absolute atomic E-state index is 0.136. The van der Waals surface area contributed by atoms with Crippen LogP contribution in [0.25, 0.3) is 0 Å². The molecule has 1 amide bonds. The molecular weight excluding hydrogens is 522 g/mol.